The van der Waals surface area contributed by atoms with Crippen LogP contribution < -0.4 is 0 Å². The predicted octanol–water partition coefficient (Wildman–Crippen LogP) is 2.21. The average molecular weight is 170 g/mol. The van der Waals surface area contributed by atoms with Gasteiger partial charge in [0.2, 0.25) is 0 Å². The van der Waals surface area contributed by atoms with Crippen molar-refractivity contribution < 1.29 is 9.47 Å². The summed E-state index contributed by atoms with van der Waals surface area (Å²) < 4.78 is 10.7. The average Bonchev–Trinajstić information content (AvgIpc) is 2.51. The molecular formula is C10H18O2. The Labute approximate surface area is 74.6 Å². The monoisotopic (exact) mass is 170 g/mol. The zero-order chi connectivity index (χ0) is 8.97. The molecule has 1 unspecified atom stereocenters. The summed E-state index contributed by atoms with van der Waals surface area (Å²) in [7, 11) is 0. The van der Waals surface area contributed by atoms with E-state index in [1.54, 1.807) is 0 Å². The summed E-state index contributed by atoms with van der Waals surface area (Å²) in [6.07, 6.45) is 2.95. The lowest BCUT2D eigenvalue weighted by atomic mass is 9.92. The first-order chi connectivity index (χ1) is 5.74. The highest BCUT2D eigenvalue weighted by Crippen LogP contribution is 2.21. The van der Waals surface area contributed by atoms with Crippen LogP contribution in [0.4, 0.5) is 0 Å². The Morgan fingerprint density at radius 1 is 1.42 bits per heavy atom. The summed E-state index contributed by atoms with van der Waals surface area (Å²) >= 11 is 0. The van der Waals surface area contributed by atoms with E-state index in [4.69, 9.17) is 9.47 Å². The van der Waals surface area contributed by atoms with E-state index in [0.29, 0.717) is 11.8 Å². The first-order valence-electron chi connectivity index (χ1n) is 4.59. The molecule has 0 saturated carbocycles. The van der Waals surface area contributed by atoms with Crippen molar-refractivity contribution in [2.75, 3.05) is 13.2 Å². The molecule has 1 heterocycles. The van der Waals surface area contributed by atoms with E-state index < -0.39 is 0 Å². The molecule has 0 bridgehead atoms. The lowest BCUT2D eigenvalue weighted by Gasteiger charge is -2.19. The summed E-state index contributed by atoms with van der Waals surface area (Å²) in [5.74, 6) is 1.13. The van der Waals surface area contributed by atoms with Crippen LogP contribution in [0.25, 0.3) is 0 Å². The summed E-state index contributed by atoms with van der Waals surface area (Å²) in [6.45, 7) is 9.69. The lowest BCUT2D eigenvalue weighted by Crippen LogP contribution is -2.16. The van der Waals surface area contributed by atoms with Gasteiger partial charge < -0.3 is 9.47 Å². The van der Waals surface area contributed by atoms with Gasteiger partial charge in [-0.3, -0.25) is 0 Å². The van der Waals surface area contributed by atoms with Crippen molar-refractivity contribution in [1.82, 2.24) is 0 Å². The van der Waals surface area contributed by atoms with E-state index in [9.17, 15) is 0 Å². The third-order valence-corrected chi connectivity index (χ3v) is 2.31. The molecule has 12 heavy (non-hydrogen) atoms. The predicted molar refractivity (Wildman–Crippen MR) is 48.8 cm³/mol. The molecule has 70 valence electrons. The van der Waals surface area contributed by atoms with Gasteiger partial charge in [0.15, 0.2) is 6.29 Å². The van der Waals surface area contributed by atoms with Crippen molar-refractivity contribution in [3.63, 3.8) is 0 Å². The highest BCUT2D eigenvalue weighted by atomic mass is 16.7. The van der Waals surface area contributed by atoms with Crippen LogP contribution in [-0.2, 0) is 9.47 Å². The minimum atomic E-state index is 0.00963. The highest BCUT2D eigenvalue weighted by Gasteiger charge is 2.21. The smallest absolute Gasteiger partial charge is 0.158 e. The van der Waals surface area contributed by atoms with Crippen LogP contribution in [0.5, 0.6) is 0 Å². The van der Waals surface area contributed by atoms with Gasteiger partial charge in [-0.2, -0.15) is 0 Å². The third-order valence-electron chi connectivity index (χ3n) is 2.31. The number of hydrogen-bond donors (Lipinski definition) is 0. The fourth-order valence-corrected chi connectivity index (χ4v) is 1.41. The Kier molecular flexibility index (Phi) is 3.76. The van der Waals surface area contributed by atoms with Gasteiger partial charge in [-0.15, -0.1) is 6.58 Å². The van der Waals surface area contributed by atoms with Crippen molar-refractivity contribution in [2.45, 2.75) is 26.6 Å². The Hall–Kier alpha value is -0.340. The van der Waals surface area contributed by atoms with E-state index in [2.05, 4.69) is 20.4 Å². The van der Waals surface area contributed by atoms with E-state index in [1.165, 1.54) is 0 Å². The molecule has 0 N–H and O–H groups in total. The fraction of sp³-hybridized carbons (Fsp3) is 0.800. The molecule has 1 aliphatic rings. The number of rotatable bonds is 4. The molecule has 0 radical (unpaired) electrons. The van der Waals surface area contributed by atoms with Crippen LogP contribution in [0.15, 0.2) is 12.7 Å². The first-order valence-corrected chi connectivity index (χ1v) is 4.59. The van der Waals surface area contributed by atoms with E-state index >= 15 is 0 Å². The topological polar surface area (TPSA) is 18.5 Å². The first kappa shape index (κ1) is 9.75. The minimum Gasteiger partial charge on any atom is -0.350 e. The SMILES string of the molecule is C=CC(CC1OCCO1)C(C)C. The molecule has 2 heteroatoms. The molecule has 1 aliphatic heterocycles. The van der Waals surface area contributed by atoms with Gasteiger partial charge in [0.1, 0.15) is 0 Å². The van der Waals surface area contributed by atoms with Crippen LogP contribution >= 0.6 is 0 Å². The quantitative estimate of drug-likeness (QED) is 0.602. The summed E-state index contributed by atoms with van der Waals surface area (Å²) in [5, 5.41) is 0. The van der Waals surface area contributed by atoms with E-state index in [0.717, 1.165) is 19.6 Å². The third kappa shape index (κ3) is 2.61. The van der Waals surface area contributed by atoms with E-state index in [-0.39, 0.29) is 6.29 Å². The molecule has 1 fully saturated rings. The molecule has 1 saturated heterocycles. The second kappa shape index (κ2) is 4.63. The molecule has 1 rings (SSSR count). The summed E-state index contributed by atoms with van der Waals surface area (Å²) in [4.78, 5) is 0. The van der Waals surface area contributed by atoms with Crippen LogP contribution in [0.3, 0.4) is 0 Å². The van der Waals surface area contributed by atoms with Crippen molar-refractivity contribution in [1.29, 1.82) is 0 Å². The Balaban J connectivity index is 2.30. The molecule has 0 amide bonds. The maximum atomic E-state index is 5.37. The molecule has 0 aromatic rings. The zero-order valence-corrected chi connectivity index (χ0v) is 7.95. The van der Waals surface area contributed by atoms with Crippen LogP contribution in [0.1, 0.15) is 20.3 Å². The van der Waals surface area contributed by atoms with Crippen LogP contribution in [0, 0.1) is 11.8 Å². The molecule has 1 atom stereocenters. The molecule has 0 aromatic heterocycles. The van der Waals surface area contributed by atoms with Gasteiger partial charge >= 0.3 is 0 Å². The molecule has 0 aromatic carbocycles. The zero-order valence-electron chi connectivity index (χ0n) is 7.95. The van der Waals surface area contributed by atoms with Gasteiger partial charge in [0.25, 0.3) is 0 Å². The Morgan fingerprint density at radius 2 is 2.00 bits per heavy atom. The molecule has 0 aliphatic carbocycles. The lowest BCUT2D eigenvalue weighted by molar-refractivity contribution is -0.0563. The van der Waals surface area contributed by atoms with Gasteiger partial charge in [0.05, 0.1) is 13.2 Å². The van der Waals surface area contributed by atoms with Crippen molar-refractivity contribution in [3.8, 4) is 0 Å². The Morgan fingerprint density at radius 3 is 2.42 bits per heavy atom. The summed E-state index contributed by atoms with van der Waals surface area (Å²) in [6, 6.07) is 0. The maximum Gasteiger partial charge on any atom is 0.158 e. The second-order valence-electron chi connectivity index (χ2n) is 3.55. The van der Waals surface area contributed by atoms with Crippen molar-refractivity contribution in [2.24, 2.45) is 11.8 Å². The fourth-order valence-electron chi connectivity index (χ4n) is 1.41. The largest absolute Gasteiger partial charge is 0.350 e. The summed E-state index contributed by atoms with van der Waals surface area (Å²) in [5.41, 5.74) is 0. The molecule has 2 nitrogen and oxygen atoms in total. The maximum absolute atomic E-state index is 5.37. The van der Waals surface area contributed by atoms with Gasteiger partial charge in [-0.25, -0.2) is 0 Å². The standard InChI is InChI=1S/C10H18O2/c1-4-9(8(2)3)7-10-11-5-6-12-10/h4,8-10H,1,5-7H2,2-3H3. The number of allylic oxidation sites excluding steroid dienone is 1. The van der Waals surface area contributed by atoms with Crippen LogP contribution in [-0.4, -0.2) is 19.5 Å². The number of hydrogen-bond acceptors (Lipinski definition) is 2. The minimum absolute atomic E-state index is 0.00963. The van der Waals surface area contributed by atoms with Crippen LogP contribution in [0.2, 0.25) is 0 Å². The number of ether oxygens (including phenoxy) is 2. The Bertz CT molecular complexity index is 137. The van der Waals surface area contributed by atoms with Gasteiger partial charge in [0, 0.05) is 6.42 Å². The normalized spacial score (nSPS) is 21.6. The van der Waals surface area contributed by atoms with Crippen molar-refractivity contribution >= 4 is 0 Å². The molecular weight excluding hydrogens is 152 g/mol. The second-order valence-corrected chi connectivity index (χ2v) is 3.55. The van der Waals surface area contributed by atoms with Crippen molar-refractivity contribution in [3.05, 3.63) is 12.7 Å². The van der Waals surface area contributed by atoms with Gasteiger partial charge in [-0.05, 0) is 11.8 Å². The van der Waals surface area contributed by atoms with Gasteiger partial charge in [-0.1, -0.05) is 19.9 Å². The highest BCUT2D eigenvalue weighted by molar-refractivity contribution is 4.82. The van der Waals surface area contributed by atoms with E-state index in [1.807, 2.05) is 6.08 Å². The molecule has 0 spiro atoms.